The van der Waals surface area contributed by atoms with E-state index in [4.69, 9.17) is 5.73 Å². The topological polar surface area (TPSA) is 26.0 Å². The molecule has 0 bridgehead atoms. The molecule has 1 atom stereocenters. The highest BCUT2D eigenvalue weighted by Crippen LogP contribution is 2.19. The molecule has 1 unspecified atom stereocenters. The maximum atomic E-state index is 5.48. The Bertz CT molecular complexity index is 149. The summed E-state index contributed by atoms with van der Waals surface area (Å²) >= 11 is 2.31. The molecule has 1 rings (SSSR count). The monoisotopic (exact) mass is 235 g/mol. The van der Waals surface area contributed by atoms with Crippen LogP contribution < -0.4 is 5.73 Å². The minimum Gasteiger partial charge on any atom is -0.330 e. The Morgan fingerprint density at radius 3 is 3.00 bits per heavy atom. The van der Waals surface area contributed by atoms with Gasteiger partial charge in [0.05, 0.1) is 0 Å². The summed E-state index contributed by atoms with van der Waals surface area (Å²) in [4.78, 5) is 0. The Morgan fingerprint density at radius 2 is 2.56 bits per heavy atom. The zero-order valence-corrected chi connectivity index (χ0v) is 7.34. The van der Waals surface area contributed by atoms with Crippen LogP contribution in [0.2, 0.25) is 0 Å². The van der Waals surface area contributed by atoms with E-state index in [9.17, 15) is 0 Å². The Balaban J connectivity index is 2.55. The van der Waals surface area contributed by atoms with Crippen molar-refractivity contribution < 1.29 is 0 Å². The summed E-state index contributed by atoms with van der Waals surface area (Å²) < 4.78 is 1.31. The first-order valence-corrected chi connectivity index (χ1v) is 4.14. The van der Waals surface area contributed by atoms with E-state index in [0.29, 0.717) is 5.92 Å². The van der Waals surface area contributed by atoms with Crippen LogP contribution in [0.25, 0.3) is 0 Å². The van der Waals surface area contributed by atoms with Gasteiger partial charge in [-0.05, 0) is 41.5 Å². The first-order chi connectivity index (χ1) is 4.33. The Morgan fingerprint density at radius 1 is 1.78 bits per heavy atom. The molecule has 1 nitrogen and oxygen atoms in total. The van der Waals surface area contributed by atoms with E-state index in [2.05, 4.69) is 40.8 Å². The molecular formula is C7H10IN. The summed E-state index contributed by atoms with van der Waals surface area (Å²) in [5, 5.41) is 0. The van der Waals surface area contributed by atoms with Crippen molar-refractivity contribution in [2.45, 2.75) is 6.42 Å². The molecule has 0 aromatic carbocycles. The van der Waals surface area contributed by atoms with Crippen LogP contribution in [0.4, 0.5) is 0 Å². The summed E-state index contributed by atoms with van der Waals surface area (Å²) in [6.45, 7) is 0.775. The number of nitrogens with two attached hydrogens (primary N) is 1. The number of rotatable bonds is 1. The lowest BCUT2D eigenvalue weighted by atomic mass is 10.0. The molecule has 50 valence electrons. The third kappa shape index (κ3) is 2.10. The fourth-order valence-corrected chi connectivity index (χ4v) is 1.63. The lowest BCUT2D eigenvalue weighted by Gasteiger charge is -2.10. The highest BCUT2D eigenvalue weighted by molar-refractivity contribution is 14.1. The highest BCUT2D eigenvalue weighted by Gasteiger charge is 2.04. The summed E-state index contributed by atoms with van der Waals surface area (Å²) in [5.41, 5.74) is 5.48. The molecule has 9 heavy (non-hydrogen) atoms. The van der Waals surface area contributed by atoms with Crippen molar-refractivity contribution in [2.24, 2.45) is 11.7 Å². The maximum absolute atomic E-state index is 5.48. The van der Waals surface area contributed by atoms with Gasteiger partial charge < -0.3 is 5.73 Å². The summed E-state index contributed by atoms with van der Waals surface area (Å²) in [7, 11) is 0. The van der Waals surface area contributed by atoms with Gasteiger partial charge in [0, 0.05) is 3.58 Å². The van der Waals surface area contributed by atoms with Crippen molar-refractivity contribution >= 4 is 22.6 Å². The molecule has 0 spiro atoms. The molecule has 0 radical (unpaired) electrons. The van der Waals surface area contributed by atoms with Gasteiger partial charge in [0.15, 0.2) is 0 Å². The SMILES string of the molecule is NCC1C=C(I)C=CC1. The average Bonchev–Trinajstić information content (AvgIpc) is 1.88. The van der Waals surface area contributed by atoms with E-state index >= 15 is 0 Å². The second kappa shape index (κ2) is 3.37. The van der Waals surface area contributed by atoms with Crippen molar-refractivity contribution in [1.82, 2.24) is 0 Å². The number of hydrogen-bond donors (Lipinski definition) is 1. The Labute approximate surface area is 69.1 Å². The summed E-state index contributed by atoms with van der Waals surface area (Å²) in [6, 6.07) is 0. The van der Waals surface area contributed by atoms with Crippen LogP contribution in [0, 0.1) is 5.92 Å². The second-order valence-electron chi connectivity index (χ2n) is 2.19. The molecular weight excluding hydrogens is 225 g/mol. The van der Waals surface area contributed by atoms with Gasteiger partial charge in [-0.2, -0.15) is 0 Å². The van der Waals surface area contributed by atoms with Crippen molar-refractivity contribution in [3.63, 3.8) is 0 Å². The van der Waals surface area contributed by atoms with Crippen LogP contribution in [0.3, 0.4) is 0 Å². The van der Waals surface area contributed by atoms with Crippen molar-refractivity contribution in [2.75, 3.05) is 6.54 Å². The van der Waals surface area contributed by atoms with E-state index in [0.717, 1.165) is 13.0 Å². The van der Waals surface area contributed by atoms with Crippen LogP contribution in [-0.2, 0) is 0 Å². The van der Waals surface area contributed by atoms with Gasteiger partial charge in [-0.25, -0.2) is 0 Å². The predicted molar refractivity (Wildman–Crippen MR) is 48.4 cm³/mol. The van der Waals surface area contributed by atoms with Gasteiger partial charge in [0.2, 0.25) is 0 Å². The Kier molecular flexibility index (Phi) is 2.72. The molecule has 0 aromatic rings. The summed E-state index contributed by atoms with van der Waals surface area (Å²) in [5.74, 6) is 0.585. The van der Waals surface area contributed by atoms with Crippen LogP contribution >= 0.6 is 22.6 Å². The molecule has 1 aliphatic carbocycles. The first kappa shape index (κ1) is 7.28. The predicted octanol–water partition coefficient (Wildman–Crippen LogP) is 1.84. The summed E-state index contributed by atoms with van der Waals surface area (Å²) in [6.07, 6.45) is 7.65. The van der Waals surface area contributed by atoms with Gasteiger partial charge in [-0.1, -0.05) is 18.2 Å². The van der Waals surface area contributed by atoms with Crippen LogP contribution in [0.1, 0.15) is 6.42 Å². The standard InChI is InChI=1S/C7H10IN/c8-7-3-1-2-6(4-7)5-9/h1,3-4,6H,2,5,9H2. The first-order valence-electron chi connectivity index (χ1n) is 3.07. The lowest BCUT2D eigenvalue weighted by Crippen LogP contribution is -2.12. The van der Waals surface area contributed by atoms with E-state index in [1.807, 2.05) is 0 Å². The third-order valence-electron chi connectivity index (χ3n) is 1.41. The third-order valence-corrected chi connectivity index (χ3v) is 2.13. The van der Waals surface area contributed by atoms with Crippen molar-refractivity contribution in [1.29, 1.82) is 0 Å². The number of halogens is 1. The minimum absolute atomic E-state index is 0.585. The van der Waals surface area contributed by atoms with Gasteiger partial charge in [-0.15, -0.1) is 0 Å². The molecule has 0 aliphatic heterocycles. The molecule has 0 fully saturated rings. The zero-order valence-electron chi connectivity index (χ0n) is 5.18. The van der Waals surface area contributed by atoms with Gasteiger partial charge in [0.1, 0.15) is 0 Å². The van der Waals surface area contributed by atoms with Gasteiger partial charge in [-0.3, -0.25) is 0 Å². The average molecular weight is 235 g/mol. The fourth-order valence-electron chi connectivity index (χ4n) is 0.868. The highest BCUT2D eigenvalue weighted by atomic mass is 127. The van der Waals surface area contributed by atoms with E-state index in [1.54, 1.807) is 0 Å². The molecule has 2 heteroatoms. The van der Waals surface area contributed by atoms with Gasteiger partial charge >= 0.3 is 0 Å². The van der Waals surface area contributed by atoms with Crippen LogP contribution in [-0.4, -0.2) is 6.54 Å². The molecule has 0 saturated carbocycles. The molecule has 1 aliphatic rings. The largest absolute Gasteiger partial charge is 0.330 e. The van der Waals surface area contributed by atoms with Crippen LogP contribution in [0.5, 0.6) is 0 Å². The van der Waals surface area contributed by atoms with E-state index in [-0.39, 0.29) is 0 Å². The lowest BCUT2D eigenvalue weighted by molar-refractivity contribution is 0.668. The quantitative estimate of drug-likeness (QED) is 0.689. The fraction of sp³-hybridized carbons (Fsp3) is 0.429. The Hall–Kier alpha value is 0.170. The molecule has 0 amide bonds. The maximum Gasteiger partial charge on any atom is 0.00901 e. The molecule has 0 aromatic heterocycles. The van der Waals surface area contributed by atoms with Crippen molar-refractivity contribution in [3.05, 3.63) is 21.8 Å². The van der Waals surface area contributed by atoms with E-state index in [1.165, 1.54) is 3.58 Å². The molecule has 0 heterocycles. The molecule has 2 N–H and O–H groups in total. The van der Waals surface area contributed by atoms with Crippen LogP contribution in [0.15, 0.2) is 21.8 Å². The minimum atomic E-state index is 0.585. The van der Waals surface area contributed by atoms with E-state index < -0.39 is 0 Å². The van der Waals surface area contributed by atoms with Gasteiger partial charge in [0.25, 0.3) is 0 Å². The smallest absolute Gasteiger partial charge is 0.00901 e. The molecule has 0 saturated heterocycles. The number of allylic oxidation sites excluding steroid dienone is 3. The van der Waals surface area contributed by atoms with Crippen molar-refractivity contribution in [3.8, 4) is 0 Å². The zero-order chi connectivity index (χ0) is 6.69. The normalized spacial score (nSPS) is 26.0. The second-order valence-corrected chi connectivity index (χ2v) is 3.43. The number of hydrogen-bond acceptors (Lipinski definition) is 1.